The third-order valence-electron chi connectivity index (χ3n) is 4.41. The maximum Gasteiger partial charge on any atom is 0.270 e. The van der Waals surface area contributed by atoms with E-state index in [0.29, 0.717) is 18.2 Å². The Hall–Kier alpha value is -3.21. The maximum atomic E-state index is 12.4. The fourth-order valence-corrected chi connectivity index (χ4v) is 2.91. The molecule has 138 valence electrons. The Bertz CT molecular complexity index is 909. The molecule has 3 aromatic rings. The van der Waals surface area contributed by atoms with Gasteiger partial charge in [-0.1, -0.05) is 55.5 Å². The number of anilines is 2. The summed E-state index contributed by atoms with van der Waals surface area (Å²) in [6, 6.07) is 17.9. The third kappa shape index (κ3) is 4.91. The molecule has 0 saturated heterocycles. The number of benzene rings is 2. The summed E-state index contributed by atoms with van der Waals surface area (Å²) in [6.45, 7) is 4.71. The number of nitrogens with one attached hydrogen (secondary N) is 2. The molecule has 3 rings (SSSR count). The highest BCUT2D eigenvalue weighted by atomic mass is 16.1. The standard InChI is InChI=1S/C22H24N4O/c1-3-18-11-7-8-16(2)20(18)26-22-24-15-13-19(25-22)21(27)23-14-12-17-9-5-4-6-10-17/h4-11,13,15H,3,12,14H2,1-2H3,(H,23,27)(H,24,25,26). The Balaban J connectivity index is 1.66. The lowest BCUT2D eigenvalue weighted by molar-refractivity contribution is 0.0949. The number of aryl methyl sites for hydroxylation is 2. The Morgan fingerprint density at radius 3 is 2.63 bits per heavy atom. The molecule has 0 fully saturated rings. The number of carbonyl (C=O) groups excluding carboxylic acids is 1. The molecule has 0 atom stereocenters. The normalized spacial score (nSPS) is 10.4. The second-order valence-corrected chi connectivity index (χ2v) is 6.34. The minimum Gasteiger partial charge on any atom is -0.350 e. The van der Waals surface area contributed by atoms with E-state index in [-0.39, 0.29) is 5.91 Å². The molecule has 0 aliphatic carbocycles. The molecule has 5 nitrogen and oxygen atoms in total. The Morgan fingerprint density at radius 1 is 1.04 bits per heavy atom. The first-order valence-electron chi connectivity index (χ1n) is 9.18. The number of rotatable bonds is 7. The molecule has 0 aliphatic rings. The zero-order valence-electron chi connectivity index (χ0n) is 15.7. The number of nitrogens with zero attached hydrogens (tertiary/aromatic N) is 2. The fourth-order valence-electron chi connectivity index (χ4n) is 2.91. The van der Waals surface area contributed by atoms with Gasteiger partial charge in [0.05, 0.1) is 0 Å². The van der Waals surface area contributed by atoms with Gasteiger partial charge in [0.1, 0.15) is 5.69 Å². The van der Waals surface area contributed by atoms with Crippen molar-refractivity contribution in [2.75, 3.05) is 11.9 Å². The molecule has 1 aromatic heterocycles. The number of carbonyl (C=O) groups is 1. The smallest absolute Gasteiger partial charge is 0.270 e. The summed E-state index contributed by atoms with van der Waals surface area (Å²) in [4.78, 5) is 21.0. The van der Waals surface area contributed by atoms with Gasteiger partial charge < -0.3 is 10.6 Å². The van der Waals surface area contributed by atoms with Crippen LogP contribution in [-0.2, 0) is 12.8 Å². The van der Waals surface area contributed by atoms with E-state index in [4.69, 9.17) is 0 Å². The molecule has 27 heavy (non-hydrogen) atoms. The summed E-state index contributed by atoms with van der Waals surface area (Å²) in [5.74, 6) is 0.228. The predicted molar refractivity (Wildman–Crippen MR) is 108 cm³/mol. The van der Waals surface area contributed by atoms with Crippen LogP contribution >= 0.6 is 0 Å². The number of amides is 1. The predicted octanol–water partition coefficient (Wildman–Crippen LogP) is 4.06. The largest absolute Gasteiger partial charge is 0.350 e. The van der Waals surface area contributed by atoms with Crippen LogP contribution in [-0.4, -0.2) is 22.4 Å². The van der Waals surface area contributed by atoms with Crippen LogP contribution in [0.4, 0.5) is 11.6 Å². The molecular weight excluding hydrogens is 336 g/mol. The summed E-state index contributed by atoms with van der Waals surface area (Å²) >= 11 is 0. The molecule has 1 heterocycles. The molecule has 0 saturated carbocycles. The average molecular weight is 360 g/mol. The van der Waals surface area contributed by atoms with E-state index >= 15 is 0 Å². The summed E-state index contributed by atoms with van der Waals surface area (Å²) in [6.07, 6.45) is 3.29. The maximum absolute atomic E-state index is 12.4. The minimum absolute atomic E-state index is 0.197. The number of para-hydroxylation sites is 1. The van der Waals surface area contributed by atoms with Gasteiger partial charge in [-0.05, 0) is 42.5 Å². The van der Waals surface area contributed by atoms with Crippen LogP contribution in [0, 0.1) is 6.92 Å². The van der Waals surface area contributed by atoms with E-state index in [2.05, 4.69) is 33.6 Å². The van der Waals surface area contributed by atoms with E-state index in [1.54, 1.807) is 12.3 Å². The fraction of sp³-hybridized carbons (Fsp3) is 0.227. The van der Waals surface area contributed by atoms with Gasteiger partial charge in [0, 0.05) is 18.4 Å². The van der Waals surface area contributed by atoms with Crippen LogP contribution in [0.2, 0.25) is 0 Å². The van der Waals surface area contributed by atoms with Crippen molar-refractivity contribution in [2.24, 2.45) is 0 Å². The molecule has 2 aromatic carbocycles. The quantitative estimate of drug-likeness (QED) is 0.667. The van der Waals surface area contributed by atoms with Crippen molar-refractivity contribution in [1.82, 2.24) is 15.3 Å². The Labute approximate surface area is 159 Å². The number of hydrogen-bond acceptors (Lipinski definition) is 4. The van der Waals surface area contributed by atoms with Crippen molar-refractivity contribution in [2.45, 2.75) is 26.7 Å². The molecule has 2 N–H and O–H groups in total. The van der Waals surface area contributed by atoms with Gasteiger partial charge in [-0.2, -0.15) is 0 Å². The lowest BCUT2D eigenvalue weighted by Gasteiger charge is -2.13. The highest BCUT2D eigenvalue weighted by molar-refractivity contribution is 5.92. The first-order valence-corrected chi connectivity index (χ1v) is 9.18. The van der Waals surface area contributed by atoms with E-state index in [1.807, 2.05) is 49.4 Å². The third-order valence-corrected chi connectivity index (χ3v) is 4.41. The zero-order valence-corrected chi connectivity index (χ0v) is 15.7. The minimum atomic E-state index is -0.197. The van der Waals surface area contributed by atoms with Gasteiger partial charge in [0.25, 0.3) is 5.91 Å². The number of hydrogen-bond donors (Lipinski definition) is 2. The van der Waals surface area contributed by atoms with Crippen LogP contribution in [0.5, 0.6) is 0 Å². The molecule has 0 radical (unpaired) electrons. The summed E-state index contributed by atoms with van der Waals surface area (Å²) < 4.78 is 0. The highest BCUT2D eigenvalue weighted by Gasteiger charge is 2.10. The van der Waals surface area contributed by atoms with Gasteiger partial charge in [-0.3, -0.25) is 4.79 Å². The Morgan fingerprint density at radius 2 is 1.85 bits per heavy atom. The van der Waals surface area contributed by atoms with Gasteiger partial charge in [-0.15, -0.1) is 0 Å². The van der Waals surface area contributed by atoms with E-state index in [9.17, 15) is 4.79 Å². The van der Waals surface area contributed by atoms with Gasteiger partial charge >= 0.3 is 0 Å². The van der Waals surface area contributed by atoms with Crippen LogP contribution in [0.3, 0.4) is 0 Å². The van der Waals surface area contributed by atoms with Gasteiger partial charge in [0.15, 0.2) is 0 Å². The van der Waals surface area contributed by atoms with Crippen molar-refractivity contribution in [3.63, 3.8) is 0 Å². The topological polar surface area (TPSA) is 66.9 Å². The second-order valence-electron chi connectivity index (χ2n) is 6.34. The Kier molecular flexibility index (Phi) is 6.15. The van der Waals surface area contributed by atoms with Crippen molar-refractivity contribution in [3.05, 3.63) is 83.2 Å². The van der Waals surface area contributed by atoms with Crippen LogP contribution < -0.4 is 10.6 Å². The summed E-state index contributed by atoms with van der Waals surface area (Å²) in [5.41, 5.74) is 4.86. The lowest BCUT2D eigenvalue weighted by Crippen LogP contribution is -2.26. The SMILES string of the molecule is CCc1cccc(C)c1Nc1nccc(C(=O)NCCc2ccccc2)n1. The van der Waals surface area contributed by atoms with Crippen molar-refractivity contribution < 1.29 is 4.79 Å². The van der Waals surface area contributed by atoms with Crippen molar-refractivity contribution in [3.8, 4) is 0 Å². The lowest BCUT2D eigenvalue weighted by atomic mass is 10.1. The zero-order chi connectivity index (χ0) is 19.1. The first-order chi connectivity index (χ1) is 13.2. The van der Waals surface area contributed by atoms with Gasteiger partial charge in [0.2, 0.25) is 5.95 Å². The molecule has 0 unspecified atom stereocenters. The van der Waals surface area contributed by atoms with Crippen LogP contribution in [0.1, 0.15) is 34.1 Å². The average Bonchev–Trinajstić information content (AvgIpc) is 2.70. The van der Waals surface area contributed by atoms with Crippen molar-refractivity contribution in [1.29, 1.82) is 0 Å². The second kappa shape index (κ2) is 8.94. The number of aromatic nitrogens is 2. The van der Waals surface area contributed by atoms with Crippen LogP contribution in [0.25, 0.3) is 0 Å². The van der Waals surface area contributed by atoms with Crippen LogP contribution in [0.15, 0.2) is 60.8 Å². The first kappa shape index (κ1) is 18.6. The van der Waals surface area contributed by atoms with E-state index in [1.165, 1.54) is 11.1 Å². The van der Waals surface area contributed by atoms with Crippen molar-refractivity contribution >= 4 is 17.5 Å². The molecule has 0 bridgehead atoms. The van der Waals surface area contributed by atoms with E-state index < -0.39 is 0 Å². The molecule has 5 heteroatoms. The van der Waals surface area contributed by atoms with Gasteiger partial charge in [-0.25, -0.2) is 9.97 Å². The summed E-state index contributed by atoms with van der Waals surface area (Å²) in [7, 11) is 0. The molecule has 1 amide bonds. The molecular formula is C22H24N4O. The molecule has 0 aliphatic heterocycles. The monoisotopic (exact) mass is 360 g/mol. The summed E-state index contributed by atoms with van der Waals surface area (Å²) in [5, 5.41) is 6.18. The molecule has 0 spiro atoms. The highest BCUT2D eigenvalue weighted by Crippen LogP contribution is 2.23. The van der Waals surface area contributed by atoms with E-state index in [0.717, 1.165) is 24.1 Å².